The van der Waals surface area contributed by atoms with Crippen molar-refractivity contribution < 1.29 is 8.42 Å². The largest absolute Gasteiger partial charge is 0.326 e. The smallest absolute Gasteiger partial charge is 0.152 e. The van der Waals surface area contributed by atoms with Crippen molar-refractivity contribution in [2.24, 2.45) is 11.7 Å². The fourth-order valence-corrected chi connectivity index (χ4v) is 3.29. The molecule has 0 aliphatic carbocycles. The van der Waals surface area contributed by atoms with Crippen LogP contribution < -0.4 is 5.73 Å². The number of nitrogens with two attached hydrogens (primary N) is 1. The van der Waals surface area contributed by atoms with E-state index < -0.39 is 9.84 Å². The summed E-state index contributed by atoms with van der Waals surface area (Å²) < 4.78 is 21.9. The van der Waals surface area contributed by atoms with Gasteiger partial charge in [0.15, 0.2) is 9.84 Å². The van der Waals surface area contributed by atoms with Crippen molar-refractivity contribution in [3.63, 3.8) is 0 Å². The van der Waals surface area contributed by atoms with Crippen molar-refractivity contribution in [3.8, 4) is 6.07 Å². The molecule has 2 N–H and O–H groups in total. The quantitative estimate of drug-likeness (QED) is 0.568. The minimum absolute atomic E-state index is 0.0410. The third kappa shape index (κ3) is 1.91. The number of hydrogen-bond acceptors (Lipinski definition) is 4. The lowest BCUT2D eigenvalue weighted by Gasteiger charge is -2.06. The summed E-state index contributed by atoms with van der Waals surface area (Å²) >= 11 is 0. The van der Waals surface area contributed by atoms with Gasteiger partial charge >= 0.3 is 0 Å². The summed E-state index contributed by atoms with van der Waals surface area (Å²) in [5.41, 5.74) is 5.51. The molecule has 0 bridgehead atoms. The minimum Gasteiger partial charge on any atom is -0.326 e. The van der Waals surface area contributed by atoms with E-state index >= 15 is 0 Å². The molecule has 0 aromatic carbocycles. The zero-order valence-electron chi connectivity index (χ0n) is 6.03. The van der Waals surface area contributed by atoms with Gasteiger partial charge in [-0.3, -0.25) is 0 Å². The Morgan fingerprint density at radius 2 is 2.18 bits per heavy atom. The van der Waals surface area contributed by atoms with Gasteiger partial charge in [-0.1, -0.05) is 0 Å². The summed E-state index contributed by atoms with van der Waals surface area (Å²) in [4.78, 5) is 0. The summed E-state index contributed by atoms with van der Waals surface area (Å²) in [6.07, 6.45) is 0.250. The van der Waals surface area contributed by atoms with Gasteiger partial charge in [-0.15, -0.1) is 0 Å². The SMILES string of the molecule is N#CC[C@H]1CS(=O)(=O)C[C@H]1N. The fraction of sp³-hybridized carbons (Fsp3) is 0.833. The first-order valence-corrected chi connectivity index (χ1v) is 5.20. The van der Waals surface area contributed by atoms with Crippen molar-refractivity contribution in [1.29, 1.82) is 5.26 Å². The van der Waals surface area contributed by atoms with Crippen molar-refractivity contribution in [2.45, 2.75) is 12.5 Å². The van der Waals surface area contributed by atoms with Crippen LogP contribution in [0.3, 0.4) is 0 Å². The molecule has 0 unspecified atom stereocenters. The van der Waals surface area contributed by atoms with Crippen LogP contribution in [0.2, 0.25) is 0 Å². The minimum atomic E-state index is -2.94. The van der Waals surface area contributed by atoms with Gasteiger partial charge in [0.2, 0.25) is 0 Å². The van der Waals surface area contributed by atoms with Gasteiger partial charge in [0, 0.05) is 18.4 Å². The molecular formula is C6H10N2O2S. The van der Waals surface area contributed by atoms with Crippen molar-refractivity contribution in [2.75, 3.05) is 11.5 Å². The van der Waals surface area contributed by atoms with Crippen LogP contribution in [-0.2, 0) is 9.84 Å². The molecule has 0 spiro atoms. The van der Waals surface area contributed by atoms with Crippen LogP contribution >= 0.6 is 0 Å². The highest BCUT2D eigenvalue weighted by atomic mass is 32.2. The molecule has 5 heteroatoms. The molecule has 11 heavy (non-hydrogen) atoms. The number of sulfone groups is 1. The van der Waals surface area contributed by atoms with Gasteiger partial charge in [-0.05, 0) is 0 Å². The summed E-state index contributed by atoms with van der Waals surface area (Å²) in [5.74, 6) is -0.0221. The number of nitriles is 1. The maximum atomic E-state index is 10.9. The Balaban J connectivity index is 2.68. The first-order chi connectivity index (χ1) is 5.05. The van der Waals surface area contributed by atoms with Crippen LogP contribution in [0.1, 0.15) is 6.42 Å². The highest BCUT2D eigenvalue weighted by molar-refractivity contribution is 7.91. The van der Waals surface area contributed by atoms with E-state index in [0.29, 0.717) is 0 Å². The Kier molecular flexibility index (Phi) is 2.16. The molecule has 1 aliphatic rings. The molecular weight excluding hydrogens is 164 g/mol. The molecule has 0 radical (unpaired) electrons. The Hall–Kier alpha value is -0.600. The predicted molar refractivity (Wildman–Crippen MR) is 40.3 cm³/mol. The van der Waals surface area contributed by atoms with Crippen LogP contribution in [0.15, 0.2) is 0 Å². The lowest BCUT2D eigenvalue weighted by molar-refractivity contribution is 0.528. The monoisotopic (exact) mass is 174 g/mol. The van der Waals surface area contributed by atoms with Crippen LogP contribution in [0.4, 0.5) is 0 Å². The van der Waals surface area contributed by atoms with Crippen LogP contribution in [0.5, 0.6) is 0 Å². The molecule has 1 fully saturated rings. The maximum absolute atomic E-state index is 10.9. The highest BCUT2D eigenvalue weighted by Gasteiger charge is 2.34. The van der Waals surface area contributed by atoms with Crippen LogP contribution in [-0.4, -0.2) is 26.0 Å². The third-order valence-electron chi connectivity index (χ3n) is 1.87. The van der Waals surface area contributed by atoms with Gasteiger partial charge in [0.05, 0.1) is 17.6 Å². The van der Waals surface area contributed by atoms with Crippen LogP contribution in [0.25, 0.3) is 0 Å². The third-order valence-corrected chi connectivity index (χ3v) is 3.70. The summed E-state index contributed by atoms with van der Waals surface area (Å²) in [6, 6.07) is 1.60. The van der Waals surface area contributed by atoms with Crippen molar-refractivity contribution in [3.05, 3.63) is 0 Å². The average molecular weight is 174 g/mol. The molecule has 1 aliphatic heterocycles. The van der Waals surface area contributed by atoms with E-state index in [1.165, 1.54) is 0 Å². The first kappa shape index (κ1) is 8.50. The van der Waals surface area contributed by atoms with Gasteiger partial charge in [-0.2, -0.15) is 5.26 Å². The van der Waals surface area contributed by atoms with E-state index in [4.69, 9.17) is 11.0 Å². The average Bonchev–Trinajstić information content (AvgIpc) is 2.07. The molecule has 1 saturated heterocycles. The second kappa shape index (κ2) is 2.80. The summed E-state index contributed by atoms with van der Waals surface area (Å²) in [7, 11) is -2.94. The molecule has 1 heterocycles. The van der Waals surface area contributed by atoms with Gasteiger partial charge in [0.25, 0.3) is 0 Å². The molecule has 0 amide bonds. The molecule has 0 aromatic rings. The van der Waals surface area contributed by atoms with Crippen molar-refractivity contribution >= 4 is 9.84 Å². The lowest BCUT2D eigenvalue weighted by Crippen LogP contribution is -2.28. The van der Waals surface area contributed by atoms with E-state index in [0.717, 1.165) is 0 Å². The second-order valence-electron chi connectivity index (χ2n) is 2.86. The number of nitrogens with zero attached hydrogens (tertiary/aromatic N) is 1. The van der Waals surface area contributed by atoms with E-state index in [9.17, 15) is 8.42 Å². The first-order valence-electron chi connectivity index (χ1n) is 3.38. The normalized spacial score (nSPS) is 34.9. The Morgan fingerprint density at radius 3 is 2.55 bits per heavy atom. The molecule has 0 saturated carbocycles. The molecule has 62 valence electrons. The topological polar surface area (TPSA) is 84.0 Å². The van der Waals surface area contributed by atoms with Crippen LogP contribution in [0, 0.1) is 17.2 Å². The lowest BCUT2D eigenvalue weighted by atomic mass is 10.0. The second-order valence-corrected chi connectivity index (χ2v) is 5.02. The zero-order valence-corrected chi connectivity index (χ0v) is 6.84. The van der Waals surface area contributed by atoms with E-state index in [2.05, 4.69) is 0 Å². The fourth-order valence-electron chi connectivity index (χ4n) is 1.27. The van der Waals surface area contributed by atoms with E-state index in [-0.39, 0.29) is 29.9 Å². The Labute approximate surface area is 65.9 Å². The number of rotatable bonds is 1. The number of hydrogen-bond donors (Lipinski definition) is 1. The van der Waals surface area contributed by atoms with E-state index in [1.54, 1.807) is 0 Å². The zero-order chi connectivity index (χ0) is 8.48. The molecule has 0 aromatic heterocycles. The Bertz CT molecular complexity index is 277. The molecule has 1 rings (SSSR count). The molecule has 2 atom stereocenters. The predicted octanol–water partition coefficient (Wildman–Crippen LogP) is -0.728. The standard InChI is InChI=1S/C6H10N2O2S/c7-2-1-5-3-11(9,10)4-6(5)8/h5-6H,1,3-4,8H2/t5-,6+/m0/s1. The van der Waals surface area contributed by atoms with Gasteiger partial charge < -0.3 is 5.73 Å². The van der Waals surface area contributed by atoms with Crippen molar-refractivity contribution in [1.82, 2.24) is 0 Å². The highest BCUT2D eigenvalue weighted by Crippen LogP contribution is 2.19. The van der Waals surface area contributed by atoms with E-state index in [1.807, 2.05) is 6.07 Å². The Morgan fingerprint density at radius 1 is 1.55 bits per heavy atom. The maximum Gasteiger partial charge on any atom is 0.152 e. The summed E-state index contributed by atoms with van der Waals surface area (Å²) in [5, 5.41) is 8.31. The molecule has 4 nitrogen and oxygen atoms in total. The van der Waals surface area contributed by atoms with Gasteiger partial charge in [0.1, 0.15) is 0 Å². The van der Waals surface area contributed by atoms with Gasteiger partial charge in [-0.25, -0.2) is 8.42 Å². The summed E-state index contributed by atoms with van der Waals surface area (Å²) in [6.45, 7) is 0.